The van der Waals surface area contributed by atoms with Gasteiger partial charge in [-0.25, -0.2) is 0 Å². The fraction of sp³-hybridized carbons (Fsp3) is 0.0667. The number of rotatable bonds is 9. The maximum Gasteiger partial charge on any atom is 0.247 e. The molecule has 0 unspecified atom stereocenters. The molecule has 5 rings (SSSR count). The molecule has 0 aliphatic heterocycles. The van der Waals surface area contributed by atoms with Crippen LogP contribution >= 0.6 is 11.6 Å². The molecular formula is C30H24ClN7O2. The largest absolute Gasteiger partial charge is 0.340 e. The van der Waals surface area contributed by atoms with Crippen molar-refractivity contribution >= 4 is 35.2 Å². The van der Waals surface area contributed by atoms with Crippen LogP contribution in [0.1, 0.15) is 11.1 Å². The number of nitrogens with zero attached hydrogens (tertiary/aromatic N) is 5. The second-order valence-electron chi connectivity index (χ2n) is 8.84. The number of amides is 2. The molecule has 1 atom stereocenters. The van der Waals surface area contributed by atoms with Crippen molar-refractivity contribution in [2.24, 2.45) is 0 Å². The molecular weight excluding hydrogens is 526 g/mol. The number of hydrogen-bond acceptors (Lipinski definition) is 6. The van der Waals surface area contributed by atoms with Gasteiger partial charge in [-0.1, -0.05) is 54.1 Å². The van der Waals surface area contributed by atoms with Crippen LogP contribution in [0.5, 0.6) is 0 Å². The van der Waals surface area contributed by atoms with E-state index in [4.69, 9.17) is 11.6 Å². The van der Waals surface area contributed by atoms with Crippen molar-refractivity contribution in [3.05, 3.63) is 126 Å². The molecule has 0 bridgehead atoms. The van der Waals surface area contributed by atoms with Crippen LogP contribution < -0.4 is 10.6 Å². The van der Waals surface area contributed by atoms with Gasteiger partial charge in [-0.05, 0) is 75.7 Å². The van der Waals surface area contributed by atoms with Gasteiger partial charge in [0, 0.05) is 41.2 Å². The van der Waals surface area contributed by atoms with Crippen LogP contribution in [0.25, 0.3) is 22.9 Å². The van der Waals surface area contributed by atoms with Crippen LogP contribution in [0.3, 0.4) is 0 Å². The molecule has 9 nitrogen and oxygen atoms in total. The normalized spacial score (nSPS) is 11.7. The Kier molecular flexibility index (Phi) is 8.33. The van der Waals surface area contributed by atoms with Gasteiger partial charge < -0.3 is 10.6 Å². The van der Waals surface area contributed by atoms with Gasteiger partial charge in [-0.3, -0.25) is 14.6 Å². The summed E-state index contributed by atoms with van der Waals surface area (Å²) in [6.07, 6.45) is 8.19. The van der Waals surface area contributed by atoms with Gasteiger partial charge in [0.15, 0.2) is 0 Å². The number of tetrazole rings is 1. The molecule has 0 spiro atoms. The Morgan fingerprint density at radius 3 is 2.40 bits per heavy atom. The molecule has 2 heterocycles. The van der Waals surface area contributed by atoms with E-state index >= 15 is 0 Å². The predicted octanol–water partition coefficient (Wildman–Crippen LogP) is 4.76. The highest BCUT2D eigenvalue weighted by atomic mass is 35.5. The van der Waals surface area contributed by atoms with E-state index in [1.807, 2.05) is 66.7 Å². The molecule has 0 saturated heterocycles. The number of hydrogen-bond donors (Lipinski definition) is 2. The highest BCUT2D eigenvalue weighted by Crippen LogP contribution is 2.22. The number of aromatic nitrogens is 5. The predicted molar refractivity (Wildman–Crippen MR) is 154 cm³/mol. The molecule has 3 aromatic carbocycles. The Labute approximate surface area is 235 Å². The van der Waals surface area contributed by atoms with Crippen molar-refractivity contribution in [3.63, 3.8) is 0 Å². The summed E-state index contributed by atoms with van der Waals surface area (Å²) < 4.78 is 1.47. The van der Waals surface area contributed by atoms with Crippen LogP contribution in [0.2, 0.25) is 5.02 Å². The molecule has 10 heteroatoms. The molecule has 0 saturated carbocycles. The molecule has 2 amide bonds. The third kappa shape index (κ3) is 6.83. The van der Waals surface area contributed by atoms with Crippen molar-refractivity contribution in [2.45, 2.75) is 12.5 Å². The van der Waals surface area contributed by atoms with Crippen LogP contribution in [0.15, 0.2) is 110 Å². The third-order valence-electron chi connectivity index (χ3n) is 6.08. The van der Waals surface area contributed by atoms with E-state index in [1.54, 1.807) is 36.7 Å². The first-order valence-corrected chi connectivity index (χ1v) is 12.8. The number of carbonyl (C=O) groups excluding carboxylic acids is 2. The maximum absolute atomic E-state index is 13.3. The van der Waals surface area contributed by atoms with Crippen LogP contribution in [-0.2, 0) is 16.0 Å². The molecule has 0 fully saturated rings. The van der Waals surface area contributed by atoms with Gasteiger partial charge in [0.2, 0.25) is 11.8 Å². The minimum atomic E-state index is -0.822. The molecule has 198 valence electrons. The fourth-order valence-corrected chi connectivity index (χ4v) is 4.28. The minimum Gasteiger partial charge on any atom is -0.340 e. The van der Waals surface area contributed by atoms with Gasteiger partial charge in [0.05, 0.1) is 5.69 Å². The highest BCUT2D eigenvalue weighted by Gasteiger charge is 2.21. The first kappa shape index (κ1) is 26.5. The quantitative estimate of drug-likeness (QED) is 0.256. The zero-order chi connectivity index (χ0) is 27.7. The summed E-state index contributed by atoms with van der Waals surface area (Å²) in [5.41, 5.74) is 4.84. The third-order valence-corrected chi connectivity index (χ3v) is 6.32. The first-order valence-electron chi connectivity index (χ1n) is 12.4. The average molecular weight is 550 g/mol. The van der Waals surface area contributed by atoms with Gasteiger partial charge in [-0.2, -0.15) is 4.68 Å². The number of nitrogens with one attached hydrogen (secondary N) is 2. The van der Waals surface area contributed by atoms with E-state index in [9.17, 15) is 9.59 Å². The van der Waals surface area contributed by atoms with E-state index in [0.29, 0.717) is 28.4 Å². The van der Waals surface area contributed by atoms with Crippen molar-refractivity contribution in [1.29, 1.82) is 0 Å². The molecule has 2 aromatic heterocycles. The summed E-state index contributed by atoms with van der Waals surface area (Å²) in [5.74, 6) is -0.772. The monoisotopic (exact) mass is 549 g/mol. The number of benzene rings is 3. The first-order chi connectivity index (χ1) is 19.5. The standard InChI is InChI=1S/C30H24ClN7O2/c31-25-9-12-28(38-20-33-36-37-38)24(19-25)8-13-29(39)35-27(18-21-4-2-1-3-5-21)30(40)34-26-10-6-22(7-11-26)23-14-16-32-17-15-23/h1-17,19-20,27H,18H2,(H,34,40)(H,35,39)/b13-8+/t27-/m0/s1. The number of pyridine rings is 1. The lowest BCUT2D eigenvalue weighted by atomic mass is 10.0. The Morgan fingerprint density at radius 1 is 0.925 bits per heavy atom. The van der Waals surface area contributed by atoms with Crippen LogP contribution in [0, 0.1) is 0 Å². The summed E-state index contributed by atoms with van der Waals surface area (Å²) in [5, 5.41) is 17.5. The Balaban J connectivity index is 1.32. The van der Waals surface area contributed by atoms with E-state index in [1.165, 1.54) is 17.1 Å². The highest BCUT2D eigenvalue weighted by molar-refractivity contribution is 6.30. The molecule has 40 heavy (non-hydrogen) atoms. The molecule has 0 radical (unpaired) electrons. The van der Waals surface area contributed by atoms with Crippen LogP contribution in [0.4, 0.5) is 5.69 Å². The average Bonchev–Trinajstić information content (AvgIpc) is 3.52. The second kappa shape index (κ2) is 12.6. The Hall–Kier alpha value is -5.15. The Morgan fingerprint density at radius 2 is 1.68 bits per heavy atom. The van der Waals surface area contributed by atoms with Crippen molar-refractivity contribution in [2.75, 3.05) is 5.32 Å². The molecule has 5 aromatic rings. The van der Waals surface area contributed by atoms with Crippen LogP contribution in [-0.4, -0.2) is 43.0 Å². The summed E-state index contributed by atoms with van der Waals surface area (Å²) >= 11 is 6.18. The lowest BCUT2D eigenvalue weighted by Crippen LogP contribution is -2.44. The van der Waals surface area contributed by atoms with Crippen molar-refractivity contribution in [1.82, 2.24) is 30.5 Å². The maximum atomic E-state index is 13.3. The number of halogens is 1. The SMILES string of the molecule is O=C(/C=C/c1cc(Cl)ccc1-n1cnnn1)N[C@@H](Cc1ccccc1)C(=O)Nc1ccc(-c2ccncc2)cc1. The van der Waals surface area contributed by atoms with Gasteiger partial charge in [-0.15, -0.1) is 5.10 Å². The summed E-state index contributed by atoms with van der Waals surface area (Å²) in [6.45, 7) is 0. The summed E-state index contributed by atoms with van der Waals surface area (Å²) in [7, 11) is 0. The molecule has 0 aliphatic rings. The lowest BCUT2D eigenvalue weighted by Gasteiger charge is -2.18. The zero-order valence-electron chi connectivity index (χ0n) is 21.2. The zero-order valence-corrected chi connectivity index (χ0v) is 21.9. The second-order valence-corrected chi connectivity index (χ2v) is 9.28. The lowest BCUT2D eigenvalue weighted by molar-refractivity contribution is -0.123. The van der Waals surface area contributed by atoms with E-state index in [2.05, 4.69) is 31.1 Å². The van der Waals surface area contributed by atoms with E-state index in [0.717, 1.165) is 16.7 Å². The van der Waals surface area contributed by atoms with Crippen molar-refractivity contribution < 1.29 is 9.59 Å². The fourth-order valence-electron chi connectivity index (χ4n) is 4.10. The molecule has 2 N–H and O–H groups in total. The molecule has 0 aliphatic carbocycles. The Bertz CT molecular complexity index is 1610. The van der Waals surface area contributed by atoms with Crippen molar-refractivity contribution in [3.8, 4) is 16.8 Å². The topological polar surface area (TPSA) is 115 Å². The number of anilines is 1. The van der Waals surface area contributed by atoms with E-state index < -0.39 is 11.9 Å². The van der Waals surface area contributed by atoms with Gasteiger partial charge in [0.1, 0.15) is 12.4 Å². The van der Waals surface area contributed by atoms with Gasteiger partial charge >= 0.3 is 0 Å². The minimum absolute atomic E-state index is 0.314. The smallest absolute Gasteiger partial charge is 0.247 e. The number of carbonyl (C=O) groups is 2. The summed E-state index contributed by atoms with van der Waals surface area (Å²) in [6, 6.07) is 25.2. The van der Waals surface area contributed by atoms with E-state index in [-0.39, 0.29) is 5.91 Å². The summed E-state index contributed by atoms with van der Waals surface area (Å²) in [4.78, 5) is 30.4. The van der Waals surface area contributed by atoms with Gasteiger partial charge in [0.25, 0.3) is 0 Å².